The quantitative estimate of drug-likeness (QED) is 0.344. The summed E-state index contributed by atoms with van der Waals surface area (Å²) in [5, 5.41) is 1.00. The summed E-state index contributed by atoms with van der Waals surface area (Å²) in [4.78, 5) is 7.27. The number of amidine groups is 1. The lowest BCUT2D eigenvalue weighted by atomic mass is 9.96. The zero-order chi connectivity index (χ0) is 21.6. The molecule has 0 unspecified atom stereocenters. The molecule has 160 valence electrons. The number of nitrogens with zero attached hydrogens (tertiary/aromatic N) is 2. The zero-order valence-electron chi connectivity index (χ0n) is 18.1. The van der Waals surface area contributed by atoms with E-state index in [1.807, 2.05) is 30.3 Å². The van der Waals surface area contributed by atoms with Crippen LogP contribution >= 0.6 is 35.7 Å². The highest BCUT2D eigenvalue weighted by molar-refractivity contribution is 8.23. The largest absolute Gasteiger partial charge is 0.493 e. The summed E-state index contributed by atoms with van der Waals surface area (Å²) in [7, 11) is 0. The Morgan fingerprint density at radius 3 is 2.60 bits per heavy atom. The SMILES string of the molecule is CC(C)c1ccccc1N=C1SCC(C)(C)CN1C(=S)SCCOc1ccccc1. The first-order chi connectivity index (χ1) is 14.4. The van der Waals surface area contributed by atoms with Gasteiger partial charge in [0.15, 0.2) is 5.17 Å². The second-order valence-corrected chi connectivity index (χ2v) is 11.1. The summed E-state index contributed by atoms with van der Waals surface area (Å²) in [5.41, 5.74) is 2.50. The van der Waals surface area contributed by atoms with Gasteiger partial charge in [0.05, 0.1) is 12.3 Å². The molecule has 0 N–H and O–H groups in total. The van der Waals surface area contributed by atoms with Gasteiger partial charge in [-0.25, -0.2) is 4.99 Å². The van der Waals surface area contributed by atoms with E-state index in [1.165, 1.54) is 5.56 Å². The average molecular weight is 459 g/mol. The highest BCUT2D eigenvalue weighted by atomic mass is 32.2. The molecule has 3 rings (SSSR count). The molecule has 6 heteroatoms. The molecule has 0 saturated carbocycles. The molecular formula is C24H30N2OS3. The molecule has 30 heavy (non-hydrogen) atoms. The topological polar surface area (TPSA) is 24.8 Å². The molecule has 0 amide bonds. The third-order valence-electron chi connectivity index (χ3n) is 4.73. The minimum absolute atomic E-state index is 0.187. The number of para-hydroxylation sites is 2. The van der Waals surface area contributed by atoms with Gasteiger partial charge in [-0.05, 0) is 35.1 Å². The van der Waals surface area contributed by atoms with Gasteiger partial charge in [-0.2, -0.15) is 0 Å². The first-order valence-corrected chi connectivity index (χ1v) is 12.7. The molecule has 0 atom stereocenters. The second kappa shape index (κ2) is 10.7. The second-order valence-electron chi connectivity index (χ2n) is 8.42. The van der Waals surface area contributed by atoms with E-state index in [-0.39, 0.29) is 5.41 Å². The van der Waals surface area contributed by atoms with Crippen LogP contribution in [-0.4, -0.2) is 39.0 Å². The Hall–Kier alpha value is -1.50. The summed E-state index contributed by atoms with van der Waals surface area (Å²) in [6.45, 7) is 10.5. The number of ether oxygens (including phenoxy) is 1. The molecule has 2 aromatic rings. The maximum absolute atomic E-state index is 5.82. The minimum atomic E-state index is 0.187. The maximum atomic E-state index is 5.82. The average Bonchev–Trinajstić information content (AvgIpc) is 2.73. The van der Waals surface area contributed by atoms with Gasteiger partial charge in [-0.3, -0.25) is 0 Å². The Morgan fingerprint density at radius 1 is 1.17 bits per heavy atom. The highest BCUT2D eigenvalue weighted by Crippen LogP contribution is 2.36. The maximum Gasteiger partial charge on any atom is 0.169 e. The van der Waals surface area contributed by atoms with Crippen LogP contribution in [0.3, 0.4) is 0 Å². The molecule has 1 saturated heterocycles. The summed E-state index contributed by atoms with van der Waals surface area (Å²) >= 11 is 9.29. The van der Waals surface area contributed by atoms with Crippen molar-refractivity contribution < 1.29 is 4.74 Å². The molecule has 1 fully saturated rings. The van der Waals surface area contributed by atoms with Gasteiger partial charge in [-0.1, -0.05) is 99.8 Å². The van der Waals surface area contributed by atoms with E-state index >= 15 is 0 Å². The van der Waals surface area contributed by atoms with Crippen molar-refractivity contribution in [3.8, 4) is 5.75 Å². The number of hydrogen-bond donors (Lipinski definition) is 0. The molecule has 0 bridgehead atoms. The number of hydrogen-bond acceptors (Lipinski definition) is 5. The molecule has 2 aromatic carbocycles. The molecular weight excluding hydrogens is 428 g/mol. The van der Waals surface area contributed by atoms with Crippen molar-refractivity contribution >= 4 is 50.9 Å². The first kappa shape index (κ1) is 23.2. The minimum Gasteiger partial charge on any atom is -0.493 e. The Kier molecular flexibility index (Phi) is 8.26. The first-order valence-electron chi connectivity index (χ1n) is 10.3. The Labute approximate surface area is 194 Å². The number of rotatable bonds is 6. The third kappa shape index (κ3) is 6.50. The van der Waals surface area contributed by atoms with E-state index in [1.54, 1.807) is 23.5 Å². The number of thiocarbonyl (C=S) groups is 1. The van der Waals surface area contributed by atoms with Gasteiger partial charge >= 0.3 is 0 Å². The Bertz CT molecular complexity index is 881. The van der Waals surface area contributed by atoms with Crippen LogP contribution in [0.4, 0.5) is 5.69 Å². The predicted octanol–water partition coefficient (Wildman–Crippen LogP) is 6.97. The van der Waals surface area contributed by atoms with Gasteiger partial charge < -0.3 is 9.64 Å². The van der Waals surface area contributed by atoms with Gasteiger partial charge in [0.2, 0.25) is 0 Å². The number of benzene rings is 2. The molecule has 0 aliphatic carbocycles. The normalized spacial score (nSPS) is 17.4. The van der Waals surface area contributed by atoms with Crippen LogP contribution in [0.25, 0.3) is 0 Å². The van der Waals surface area contributed by atoms with E-state index in [0.29, 0.717) is 12.5 Å². The van der Waals surface area contributed by atoms with Crippen molar-refractivity contribution in [1.29, 1.82) is 0 Å². The van der Waals surface area contributed by atoms with Crippen molar-refractivity contribution in [2.75, 3.05) is 24.7 Å². The lowest BCUT2D eigenvalue weighted by Gasteiger charge is -2.39. The van der Waals surface area contributed by atoms with Gasteiger partial charge in [-0.15, -0.1) is 0 Å². The molecule has 1 aliphatic heterocycles. The summed E-state index contributed by atoms with van der Waals surface area (Å²) in [5.74, 6) is 3.17. The molecule has 0 spiro atoms. The van der Waals surface area contributed by atoms with Gasteiger partial charge in [0.1, 0.15) is 10.1 Å². The smallest absolute Gasteiger partial charge is 0.169 e. The van der Waals surface area contributed by atoms with E-state index in [0.717, 1.165) is 39.0 Å². The van der Waals surface area contributed by atoms with Crippen molar-refractivity contribution in [3.63, 3.8) is 0 Å². The van der Waals surface area contributed by atoms with Gasteiger partial charge in [0, 0.05) is 18.1 Å². The fourth-order valence-corrected chi connectivity index (χ4v) is 5.43. The molecule has 0 aromatic heterocycles. The molecule has 3 nitrogen and oxygen atoms in total. The van der Waals surface area contributed by atoms with Crippen LogP contribution in [0, 0.1) is 5.41 Å². The van der Waals surface area contributed by atoms with Crippen LogP contribution in [0.5, 0.6) is 5.75 Å². The van der Waals surface area contributed by atoms with E-state index in [2.05, 4.69) is 56.9 Å². The highest BCUT2D eigenvalue weighted by Gasteiger charge is 2.33. The van der Waals surface area contributed by atoms with Crippen LogP contribution in [0.2, 0.25) is 0 Å². The van der Waals surface area contributed by atoms with Crippen LogP contribution in [0.15, 0.2) is 59.6 Å². The summed E-state index contributed by atoms with van der Waals surface area (Å²) in [6.07, 6.45) is 0. The van der Waals surface area contributed by atoms with E-state index in [4.69, 9.17) is 21.9 Å². The predicted molar refractivity (Wildman–Crippen MR) is 138 cm³/mol. The standard InChI is InChI=1S/C24H30N2OS3/c1-18(2)20-12-8-9-13-21(20)25-22-26(16-24(3,4)17-30-22)23(28)29-15-14-27-19-10-6-5-7-11-19/h5-13,18H,14-17H2,1-4H3. The summed E-state index contributed by atoms with van der Waals surface area (Å²) in [6, 6.07) is 18.3. The molecule has 0 radical (unpaired) electrons. The zero-order valence-corrected chi connectivity index (χ0v) is 20.6. The van der Waals surface area contributed by atoms with E-state index in [9.17, 15) is 0 Å². The fraction of sp³-hybridized carbons (Fsp3) is 0.417. The van der Waals surface area contributed by atoms with Crippen LogP contribution < -0.4 is 4.74 Å². The van der Waals surface area contributed by atoms with Crippen molar-refractivity contribution in [3.05, 3.63) is 60.2 Å². The summed E-state index contributed by atoms with van der Waals surface area (Å²) < 4.78 is 6.68. The van der Waals surface area contributed by atoms with Crippen molar-refractivity contribution in [1.82, 2.24) is 4.90 Å². The monoisotopic (exact) mass is 458 g/mol. The Morgan fingerprint density at radius 2 is 1.87 bits per heavy atom. The van der Waals surface area contributed by atoms with Gasteiger partial charge in [0.25, 0.3) is 0 Å². The lowest BCUT2D eigenvalue weighted by molar-refractivity contribution is 0.343. The number of thioether (sulfide) groups is 2. The lowest BCUT2D eigenvalue weighted by Crippen LogP contribution is -2.45. The molecule has 1 heterocycles. The van der Waals surface area contributed by atoms with E-state index < -0.39 is 0 Å². The van der Waals surface area contributed by atoms with Crippen LogP contribution in [0.1, 0.15) is 39.2 Å². The van der Waals surface area contributed by atoms with Crippen LogP contribution in [-0.2, 0) is 0 Å². The Balaban J connectivity index is 1.69. The van der Waals surface area contributed by atoms with Crippen molar-refractivity contribution in [2.45, 2.75) is 33.6 Å². The fourth-order valence-electron chi connectivity index (χ4n) is 3.18. The van der Waals surface area contributed by atoms with Crippen molar-refractivity contribution in [2.24, 2.45) is 10.4 Å². The molecule has 1 aliphatic rings. The third-order valence-corrected chi connectivity index (χ3v) is 7.63. The number of aliphatic imine (C=N–C) groups is 1.